The average molecular weight is 444 g/mol. The standard InChI is InChI=1S/C21H24N4O7/c1-9-19(29)13(8-22-6-7-25(10(2)26)11(3)27)16-18(20(9)30)24-15-12(21(31)32)4-5-14(28)17(15)23-16/h4-5,8,10-11,26-30H,6-7H2,1-3H3,(H,31,32). The van der Waals surface area contributed by atoms with Gasteiger partial charge in [0, 0.05) is 18.3 Å². The van der Waals surface area contributed by atoms with Crippen molar-refractivity contribution in [1.29, 1.82) is 0 Å². The summed E-state index contributed by atoms with van der Waals surface area (Å²) in [6.45, 7) is 4.86. The van der Waals surface area contributed by atoms with Gasteiger partial charge in [0.15, 0.2) is 0 Å². The third kappa shape index (κ3) is 4.13. The Hall–Kier alpha value is -3.54. The zero-order valence-electron chi connectivity index (χ0n) is 17.7. The van der Waals surface area contributed by atoms with Crippen molar-refractivity contribution in [3.63, 3.8) is 0 Å². The van der Waals surface area contributed by atoms with Gasteiger partial charge in [0.25, 0.3) is 0 Å². The van der Waals surface area contributed by atoms with Gasteiger partial charge in [0.05, 0.1) is 17.7 Å². The Morgan fingerprint density at radius 2 is 1.66 bits per heavy atom. The van der Waals surface area contributed by atoms with Gasteiger partial charge in [-0.1, -0.05) is 0 Å². The van der Waals surface area contributed by atoms with Crippen molar-refractivity contribution < 1.29 is 35.4 Å². The normalized spacial score (nSPS) is 13.9. The number of hydrogen-bond acceptors (Lipinski definition) is 10. The van der Waals surface area contributed by atoms with E-state index < -0.39 is 18.4 Å². The number of aromatic hydroxyl groups is 3. The summed E-state index contributed by atoms with van der Waals surface area (Å²) in [7, 11) is 0. The molecule has 0 radical (unpaired) electrons. The zero-order chi connectivity index (χ0) is 23.7. The van der Waals surface area contributed by atoms with Crippen LogP contribution in [0.25, 0.3) is 22.1 Å². The Labute approximate surface area is 182 Å². The fourth-order valence-corrected chi connectivity index (χ4v) is 3.39. The van der Waals surface area contributed by atoms with Gasteiger partial charge in [-0.3, -0.25) is 9.89 Å². The van der Waals surface area contributed by atoms with Gasteiger partial charge in [-0.2, -0.15) is 0 Å². The van der Waals surface area contributed by atoms with E-state index in [4.69, 9.17) is 0 Å². The second-order valence-electron chi connectivity index (χ2n) is 7.33. The molecule has 2 atom stereocenters. The number of aromatic nitrogens is 2. The second-order valence-corrected chi connectivity index (χ2v) is 7.33. The summed E-state index contributed by atoms with van der Waals surface area (Å²) >= 11 is 0. The van der Waals surface area contributed by atoms with Gasteiger partial charge in [-0.15, -0.1) is 0 Å². The number of carboxylic acids is 1. The van der Waals surface area contributed by atoms with Crippen molar-refractivity contribution in [1.82, 2.24) is 14.9 Å². The summed E-state index contributed by atoms with van der Waals surface area (Å²) in [5.41, 5.74) is -0.255. The molecule has 0 fully saturated rings. The molecule has 3 rings (SSSR count). The number of fused-ring (bicyclic) bond motifs is 2. The third-order valence-electron chi connectivity index (χ3n) is 5.14. The number of aromatic carboxylic acids is 1. The SMILES string of the molecule is Cc1c(O)c(C=NCCN(C(C)O)C(C)O)c2nc3c(O)ccc(C(=O)O)c3nc2c1O. The molecule has 11 nitrogen and oxygen atoms in total. The molecular formula is C21H24N4O7. The summed E-state index contributed by atoms with van der Waals surface area (Å²) in [4.78, 5) is 25.7. The molecule has 0 saturated heterocycles. The average Bonchev–Trinajstić information content (AvgIpc) is 2.72. The minimum absolute atomic E-state index is 0.0163. The number of carboxylic acid groups (broad SMARTS) is 1. The molecule has 0 aliphatic carbocycles. The Kier molecular flexibility index (Phi) is 6.44. The molecule has 32 heavy (non-hydrogen) atoms. The minimum atomic E-state index is -1.28. The molecule has 6 N–H and O–H groups in total. The molecular weight excluding hydrogens is 420 g/mol. The Bertz CT molecular complexity index is 1220. The maximum atomic E-state index is 11.5. The van der Waals surface area contributed by atoms with Gasteiger partial charge in [0.1, 0.15) is 51.8 Å². The van der Waals surface area contributed by atoms with E-state index in [9.17, 15) is 35.4 Å². The zero-order valence-corrected chi connectivity index (χ0v) is 17.7. The van der Waals surface area contributed by atoms with E-state index in [0.29, 0.717) is 0 Å². The van der Waals surface area contributed by atoms with Crippen molar-refractivity contribution in [2.24, 2.45) is 4.99 Å². The fourth-order valence-electron chi connectivity index (χ4n) is 3.39. The molecule has 1 heterocycles. The first-order chi connectivity index (χ1) is 15.0. The first-order valence-corrected chi connectivity index (χ1v) is 9.77. The van der Waals surface area contributed by atoms with Crippen LogP contribution in [0.4, 0.5) is 0 Å². The van der Waals surface area contributed by atoms with E-state index >= 15 is 0 Å². The molecule has 11 heteroatoms. The van der Waals surface area contributed by atoms with Crippen LogP contribution in [0.15, 0.2) is 17.1 Å². The highest BCUT2D eigenvalue weighted by molar-refractivity contribution is 6.08. The smallest absolute Gasteiger partial charge is 0.337 e. The van der Waals surface area contributed by atoms with Crippen LogP contribution in [0.3, 0.4) is 0 Å². The predicted molar refractivity (Wildman–Crippen MR) is 116 cm³/mol. The van der Waals surface area contributed by atoms with Gasteiger partial charge < -0.3 is 30.6 Å². The van der Waals surface area contributed by atoms with Crippen LogP contribution in [-0.4, -0.2) is 83.2 Å². The molecule has 0 amide bonds. The Balaban J connectivity index is 2.15. The van der Waals surface area contributed by atoms with Crippen LogP contribution in [0.1, 0.15) is 35.3 Å². The summed E-state index contributed by atoms with van der Waals surface area (Å²) in [5.74, 6) is -2.27. The van der Waals surface area contributed by atoms with Crippen molar-refractivity contribution in [3.8, 4) is 17.2 Å². The van der Waals surface area contributed by atoms with E-state index in [2.05, 4.69) is 15.0 Å². The number of phenols is 3. The van der Waals surface area contributed by atoms with E-state index in [1.54, 1.807) is 0 Å². The lowest BCUT2D eigenvalue weighted by atomic mass is 10.0. The summed E-state index contributed by atoms with van der Waals surface area (Å²) < 4.78 is 0. The highest BCUT2D eigenvalue weighted by Gasteiger charge is 2.22. The van der Waals surface area contributed by atoms with Crippen LogP contribution in [-0.2, 0) is 0 Å². The summed E-state index contributed by atoms with van der Waals surface area (Å²) in [5, 5.41) is 60.1. The van der Waals surface area contributed by atoms with Gasteiger partial charge in [-0.05, 0) is 32.9 Å². The lowest BCUT2D eigenvalue weighted by molar-refractivity contribution is -0.0818. The number of nitrogens with zero attached hydrogens (tertiary/aromatic N) is 4. The first-order valence-electron chi connectivity index (χ1n) is 9.77. The maximum absolute atomic E-state index is 11.5. The number of aliphatic hydroxyl groups is 2. The van der Waals surface area contributed by atoms with Crippen LogP contribution < -0.4 is 0 Å². The maximum Gasteiger partial charge on any atom is 0.337 e. The molecule has 0 aliphatic rings. The topological polar surface area (TPSA) is 180 Å². The molecule has 0 bridgehead atoms. The van der Waals surface area contributed by atoms with Crippen molar-refractivity contribution >= 4 is 34.3 Å². The number of phenolic OH excluding ortho intramolecular Hbond substituents is 3. The minimum Gasteiger partial charge on any atom is -0.507 e. The summed E-state index contributed by atoms with van der Waals surface area (Å²) in [6.07, 6.45) is -0.469. The van der Waals surface area contributed by atoms with E-state index in [0.717, 1.165) is 0 Å². The van der Waals surface area contributed by atoms with E-state index in [-0.39, 0.29) is 69.1 Å². The highest BCUT2D eigenvalue weighted by Crippen LogP contribution is 2.38. The van der Waals surface area contributed by atoms with Crippen molar-refractivity contribution in [2.45, 2.75) is 33.2 Å². The molecule has 2 unspecified atom stereocenters. The number of rotatable bonds is 7. The fraction of sp³-hybridized carbons (Fsp3) is 0.333. The molecule has 0 aliphatic heterocycles. The number of aliphatic imine (C=N–C) groups is 1. The Morgan fingerprint density at radius 3 is 2.25 bits per heavy atom. The molecule has 2 aromatic carbocycles. The number of benzene rings is 2. The quantitative estimate of drug-likeness (QED) is 0.177. The number of hydrogen-bond donors (Lipinski definition) is 6. The van der Waals surface area contributed by atoms with Crippen LogP contribution in [0, 0.1) is 6.92 Å². The second kappa shape index (κ2) is 8.91. The van der Waals surface area contributed by atoms with Crippen molar-refractivity contribution in [2.75, 3.05) is 13.1 Å². The lowest BCUT2D eigenvalue weighted by Crippen LogP contribution is -2.41. The molecule has 0 saturated carbocycles. The molecule has 3 aromatic rings. The third-order valence-corrected chi connectivity index (χ3v) is 5.14. The predicted octanol–water partition coefficient (Wildman–Crippen LogP) is 1.30. The van der Waals surface area contributed by atoms with Crippen LogP contribution in [0.2, 0.25) is 0 Å². The van der Waals surface area contributed by atoms with Gasteiger partial charge >= 0.3 is 5.97 Å². The van der Waals surface area contributed by atoms with Crippen LogP contribution in [0.5, 0.6) is 17.2 Å². The number of carbonyl (C=O) groups is 1. The van der Waals surface area contributed by atoms with Crippen molar-refractivity contribution in [3.05, 3.63) is 28.8 Å². The first kappa shape index (κ1) is 23.1. The highest BCUT2D eigenvalue weighted by atomic mass is 16.4. The largest absolute Gasteiger partial charge is 0.507 e. The number of aliphatic hydroxyl groups excluding tert-OH is 2. The lowest BCUT2D eigenvalue weighted by Gasteiger charge is -2.27. The van der Waals surface area contributed by atoms with Crippen LogP contribution >= 0.6 is 0 Å². The van der Waals surface area contributed by atoms with E-state index in [1.807, 2.05) is 0 Å². The monoisotopic (exact) mass is 444 g/mol. The molecule has 0 spiro atoms. The van der Waals surface area contributed by atoms with Gasteiger partial charge in [-0.25, -0.2) is 14.8 Å². The van der Waals surface area contributed by atoms with Gasteiger partial charge in [0.2, 0.25) is 0 Å². The van der Waals surface area contributed by atoms with E-state index in [1.165, 1.54) is 44.0 Å². The molecule has 170 valence electrons. The summed E-state index contributed by atoms with van der Waals surface area (Å²) in [6, 6.07) is 2.36. The Morgan fingerprint density at radius 1 is 1.03 bits per heavy atom. The molecule has 1 aromatic heterocycles.